The molecule has 0 radical (unpaired) electrons. The number of hydrogen-bond acceptors (Lipinski definition) is 1. The molecule has 0 aromatic carbocycles. The van der Waals surface area contributed by atoms with Crippen LogP contribution in [0.25, 0.3) is 11.6 Å². The smallest absolute Gasteiger partial charge is 0.0645 e. The third-order valence-electron chi connectivity index (χ3n) is 2.62. The molecule has 1 saturated carbocycles. The summed E-state index contributed by atoms with van der Waals surface area (Å²) in [4.78, 5) is 0. The molecule has 0 saturated heterocycles. The second-order valence-corrected chi connectivity index (χ2v) is 3.46. The van der Waals surface area contributed by atoms with Crippen LogP contribution in [-0.2, 0) is 0 Å². The Morgan fingerprint density at radius 1 is 1.50 bits per heavy atom. The van der Waals surface area contributed by atoms with Gasteiger partial charge in [0.25, 0.3) is 0 Å². The van der Waals surface area contributed by atoms with Gasteiger partial charge in [0.05, 0.1) is 11.5 Å². The van der Waals surface area contributed by atoms with Gasteiger partial charge in [-0.05, 0) is 24.3 Å². The highest BCUT2D eigenvalue weighted by molar-refractivity contribution is 5.63. The van der Waals surface area contributed by atoms with Crippen molar-refractivity contribution in [1.29, 1.82) is 0 Å². The average Bonchev–Trinajstić information content (AvgIpc) is 2.64. The van der Waals surface area contributed by atoms with Crippen molar-refractivity contribution in [3.8, 4) is 0 Å². The van der Waals surface area contributed by atoms with Crippen LogP contribution in [0.5, 0.6) is 0 Å². The molecule has 2 nitrogen and oxygen atoms in total. The van der Waals surface area contributed by atoms with E-state index in [-0.39, 0.29) is 0 Å². The van der Waals surface area contributed by atoms with E-state index in [0.717, 1.165) is 5.92 Å². The second-order valence-electron chi connectivity index (χ2n) is 3.46. The molecule has 0 amide bonds. The van der Waals surface area contributed by atoms with Crippen LogP contribution in [0.4, 0.5) is 0 Å². The second kappa shape index (κ2) is 2.09. The van der Waals surface area contributed by atoms with E-state index in [0.29, 0.717) is 0 Å². The molecule has 0 aliphatic heterocycles. The van der Waals surface area contributed by atoms with E-state index >= 15 is 0 Å². The maximum atomic E-state index is 4.05. The fourth-order valence-electron chi connectivity index (χ4n) is 1.83. The largest absolute Gasteiger partial charge is 0.278 e. The third-order valence-corrected chi connectivity index (χ3v) is 2.62. The fourth-order valence-corrected chi connectivity index (χ4v) is 1.83. The van der Waals surface area contributed by atoms with Gasteiger partial charge in [0.2, 0.25) is 0 Å². The van der Waals surface area contributed by atoms with Crippen molar-refractivity contribution in [2.45, 2.75) is 12.8 Å². The van der Waals surface area contributed by atoms with E-state index in [1.807, 2.05) is 6.20 Å². The number of fused-ring (bicyclic) bond motifs is 2. The first kappa shape index (κ1) is 6.23. The minimum Gasteiger partial charge on any atom is -0.278 e. The van der Waals surface area contributed by atoms with Gasteiger partial charge in [-0.1, -0.05) is 18.2 Å². The van der Waals surface area contributed by atoms with E-state index in [1.165, 1.54) is 23.4 Å². The zero-order valence-corrected chi connectivity index (χ0v) is 6.75. The minimum atomic E-state index is 0.800. The normalized spacial score (nSPS) is 29.5. The number of hydrogen-bond donors (Lipinski definition) is 1. The Morgan fingerprint density at radius 2 is 2.50 bits per heavy atom. The summed E-state index contributed by atoms with van der Waals surface area (Å²) in [6.45, 7) is 0. The van der Waals surface area contributed by atoms with Crippen molar-refractivity contribution in [3.63, 3.8) is 0 Å². The van der Waals surface area contributed by atoms with Crippen molar-refractivity contribution < 1.29 is 0 Å². The first-order valence-electron chi connectivity index (χ1n) is 4.34. The highest BCUT2D eigenvalue weighted by Crippen LogP contribution is 2.41. The zero-order valence-electron chi connectivity index (χ0n) is 6.75. The third kappa shape index (κ3) is 0.779. The van der Waals surface area contributed by atoms with Crippen LogP contribution in [-0.4, -0.2) is 10.2 Å². The SMILES string of the molecule is C1=CCC2C/C2=c2/[nH]ncc2=C1. The Balaban J connectivity index is 2.41. The predicted octanol–water partition coefficient (Wildman–Crippen LogP) is 0.321. The molecule has 1 N–H and O–H groups in total. The van der Waals surface area contributed by atoms with E-state index in [1.54, 1.807) is 5.57 Å². The molecule has 0 bridgehead atoms. The predicted molar refractivity (Wildman–Crippen MR) is 47.6 cm³/mol. The van der Waals surface area contributed by atoms with Crippen molar-refractivity contribution in [2.75, 3.05) is 0 Å². The molecule has 1 aromatic heterocycles. The number of H-pyrrole nitrogens is 1. The minimum absolute atomic E-state index is 0.800. The Labute approximate surface area is 70.3 Å². The number of aromatic amines is 1. The molecule has 2 heteroatoms. The van der Waals surface area contributed by atoms with Gasteiger partial charge >= 0.3 is 0 Å². The molecule has 1 heterocycles. The van der Waals surface area contributed by atoms with E-state index in [9.17, 15) is 0 Å². The molecular weight excluding hydrogens is 148 g/mol. The molecule has 2 aliphatic carbocycles. The first-order valence-corrected chi connectivity index (χ1v) is 4.34. The highest BCUT2D eigenvalue weighted by Gasteiger charge is 2.29. The fraction of sp³-hybridized carbons (Fsp3) is 0.300. The lowest BCUT2D eigenvalue weighted by atomic mass is 10.2. The summed E-state index contributed by atoms with van der Waals surface area (Å²) in [7, 11) is 0. The molecule has 3 rings (SSSR count). The molecule has 2 aliphatic rings. The molecule has 1 fully saturated rings. The van der Waals surface area contributed by atoms with Crippen molar-refractivity contribution in [1.82, 2.24) is 10.2 Å². The molecule has 1 aromatic rings. The van der Waals surface area contributed by atoms with E-state index < -0.39 is 0 Å². The zero-order chi connectivity index (χ0) is 7.97. The topological polar surface area (TPSA) is 28.7 Å². The number of rotatable bonds is 0. The molecule has 60 valence electrons. The van der Waals surface area contributed by atoms with Gasteiger partial charge in [0.15, 0.2) is 0 Å². The van der Waals surface area contributed by atoms with Crippen LogP contribution in [0.15, 0.2) is 18.3 Å². The molecule has 1 unspecified atom stereocenters. The van der Waals surface area contributed by atoms with Crippen molar-refractivity contribution in [2.24, 2.45) is 5.92 Å². The summed E-state index contributed by atoms with van der Waals surface area (Å²) in [5, 5.41) is 9.63. The lowest BCUT2D eigenvalue weighted by Gasteiger charge is -1.87. The number of nitrogens with one attached hydrogen (secondary N) is 1. The number of aromatic nitrogens is 2. The lowest BCUT2D eigenvalue weighted by Crippen LogP contribution is -2.22. The Kier molecular flexibility index (Phi) is 1.09. The summed E-state index contributed by atoms with van der Waals surface area (Å²) in [6.07, 6.45) is 10.8. The van der Waals surface area contributed by atoms with Gasteiger partial charge < -0.3 is 0 Å². The van der Waals surface area contributed by atoms with Crippen LogP contribution in [0.2, 0.25) is 0 Å². The molecule has 12 heavy (non-hydrogen) atoms. The van der Waals surface area contributed by atoms with E-state index in [2.05, 4.69) is 28.4 Å². The summed E-state index contributed by atoms with van der Waals surface area (Å²) in [6, 6.07) is 0. The van der Waals surface area contributed by atoms with Gasteiger partial charge in [-0.2, -0.15) is 5.10 Å². The monoisotopic (exact) mass is 158 g/mol. The van der Waals surface area contributed by atoms with Crippen molar-refractivity contribution >= 4 is 11.6 Å². The summed E-state index contributed by atoms with van der Waals surface area (Å²) in [5.74, 6) is 0.800. The van der Waals surface area contributed by atoms with Crippen LogP contribution >= 0.6 is 0 Å². The average molecular weight is 158 g/mol. The van der Waals surface area contributed by atoms with Crippen LogP contribution in [0.3, 0.4) is 0 Å². The van der Waals surface area contributed by atoms with E-state index in [4.69, 9.17) is 0 Å². The molecule has 0 spiro atoms. The van der Waals surface area contributed by atoms with Crippen LogP contribution in [0, 0.1) is 5.92 Å². The highest BCUT2D eigenvalue weighted by atomic mass is 15.1. The van der Waals surface area contributed by atoms with Crippen molar-refractivity contribution in [3.05, 3.63) is 28.9 Å². The van der Waals surface area contributed by atoms with Gasteiger partial charge in [-0.15, -0.1) is 0 Å². The summed E-state index contributed by atoms with van der Waals surface area (Å²) >= 11 is 0. The first-order chi connectivity index (χ1) is 5.95. The number of nitrogens with zero attached hydrogens (tertiary/aromatic N) is 1. The van der Waals surface area contributed by atoms with Gasteiger partial charge in [0.1, 0.15) is 0 Å². The quantitative estimate of drug-likeness (QED) is 0.578. The maximum Gasteiger partial charge on any atom is 0.0645 e. The van der Waals surface area contributed by atoms with Crippen LogP contribution < -0.4 is 10.6 Å². The van der Waals surface area contributed by atoms with Gasteiger partial charge in [0, 0.05) is 5.22 Å². The number of allylic oxidation sites excluding steroid dienone is 2. The summed E-state index contributed by atoms with van der Waals surface area (Å²) in [5.41, 5.74) is 1.56. The lowest BCUT2D eigenvalue weighted by molar-refractivity contribution is 0.902. The Morgan fingerprint density at radius 3 is 3.50 bits per heavy atom. The van der Waals surface area contributed by atoms with Gasteiger partial charge in [-0.25, -0.2) is 0 Å². The van der Waals surface area contributed by atoms with Gasteiger partial charge in [-0.3, -0.25) is 5.10 Å². The molecule has 1 atom stereocenters. The Hall–Kier alpha value is -1.31. The van der Waals surface area contributed by atoms with Crippen LogP contribution in [0.1, 0.15) is 12.8 Å². The Bertz CT molecular complexity index is 450. The molecular formula is C10H10N2. The summed E-state index contributed by atoms with van der Waals surface area (Å²) < 4.78 is 0. The standard InChI is InChI=1S/C10H10N2/c1-2-4-8-6-11-12-10(8)9-5-7(9)3-1/h1-2,4,6-7,12H,3,5H2/b2-1?,8-4?,10-9-. The maximum absolute atomic E-state index is 4.05.